The first-order valence-electron chi connectivity index (χ1n) is 21.1. The largest absolute Gasteiger partial charge is 0.501 e. The van der Waals surface area contributed by atoms with Gasteiger partial charge in [-0.15, -0.1) is 54.1 Å². The molecule has 5 nitrogen and oxygen atoms in total. The third-order valence-electron chi connectivity index (χ3n) is 11.0. The van der Waals surface area contributed by atoms with E-state index >= 15 is 0 Å². The van der Waals surface area contributed by atoms with Crippen LogP contribution in [0.3, 0.4) is 0 Å². The number of hydrogen-bond donors (Lipinski definition) is 0. The van der Waals surface area contributed by atoms with Crippen LogP contribution in [0.25, 0.3) is 72.4 Å². The molecule has 0 amide bonds. The fourth-order valence-corrected chi connectivity index (χ4v) is 9.54. The normalized spacial score (nSPS) is 12.2. The van der Waals surface area contributed by atoms with Gasteiger partial charge in [-0.2, -0.15) is 0 Å². The summed E-state index contributed by atoms with van der Waals surface area (Å²) < 4.78 is 17.2. The summed E-state index contributed by atoms with van der Waals surface area (Å²) >= 11 is 0. The second-order valence-electron chi connectivity index (χ2n) is 17.1. The molecule has 0 N–H and O–H groups in total. The molecule has 0 aliphatic carbocycles. The molecule has 0 saturated heterocycles. The van der Waals surface area contributed by atoms with Gasteiger partial charge in [-0.1, -0.05) is 132 Å². The van der Waals surface area contributed by atoms with Gasteiger partial charge in [0.1, 0.15) is 5.58 Å². The molecule has 0 spiro atoms. The van der Waals surface area contributed by atoms with E-state index in [1.54, 1.807) is 6.20 Å². The van der Waals surface area contributed by atoms with E-state index in [1.165, 1.54) is 27.4 Å². The van der Waals surface area contributed by atoms with Crippen molar-refractivity contribution in [2.24, 2.45) is 0 Å². The van der Waals surface area contributed by atoms with Gasteiger partial charge in [-0.3, -0.25) is 9.97 Å². The molecule has 0 aliphatic heterocycles. The minimum absolute atomic E-state index is 0. The Morgan fingerprint density at radius 2 is 1.40 bits per heavy atom. The molecular weight excluding hydrogens is 929 g/mol. The van der Waals surface area contributed by atoms with Crippen LogP contribution in [-0.2, 0) is 20.1 Å². The van der Waals surface area contributed by atoms with Gasteiger partial charge in [0.05, 0.1) is 36.7 Å². The number of pyridine rings is 2. The number of furan rings is 1. The second-order valence-corrected chi connectivity index (χ2v) is 22.2. The van der Waals surface area contributed by atoms with Gasteiger partial charge in [-0.25, -0.2) is 0 Å². The third-order valence-corrected chi connectivity index (χ3v) is 13.0. The van der Waals surface area contributed by atoms with E-state index < -0.39 is 14.0 Å². The van der Waals surface area contributed by atoms with Crippen molar-refractivity contribution in [3.05, 3.63) is 163 Å². The SMILES string of the molecule is CC(C)c1cc(-c2ccccc2)cc(C(C)C)c1-n1c(-c2[c-]ccc3c2oc2ccccc23)nc2ccncc21.[2H]C(C)(C)c1cc(-c2[c-]cccc2)ncc1[Si](C)(C)C.[Ir]. The molecule has 9 rings (SSSR count). The monoisotopic (exact) mass is 982 g/mol. The van der Waals surface area contributed by atoms with Crippen LogP contribution in [0, 0.1) is 12.1 Å². The van der Waals surface area contributed by atoms with Crippen molar-refractivity contribution >= 4 is 46.2 Å². The van der Waals surface area contributed by atoms with Crippen molar-refractivity contribution in [2.45, 2.75) is 78.9 Å². The van der Waals surface area contributed by atoms with E-state index in [0.717, 1.165) is 66.9 Å². The molecule has 0 unspecified atom stereocenters. The summed E-state index contributed by atoms with van der Waals surface area (Å²) in [5, 5.41) is 3.43. The van der Waals surface area contributed by atoms with Gasteiger partial charge in [0, 0.05) is 44.9 Å². The minimum atomic E-state index is -1.50. The summed E-state index contributed by atoms with van der Waals surface area (Å²) in [4.78, 5) is 14.3. The molecule has 4 aromatic heterocycles. The van der Waals surface area contributed by atoms with Crippen molar-refractivity contribution in [1.82, 2.24) is 19.5 Å². The third kappa shape index (κ3) is 8.32. The zero-order valence-electron chi connectivity index (χ0n) is 36.9. The van der Waals surface area contributed by atoms with Crippen LogP contribution in [0.2, 0.25) is 19.6 Å². The van der Waals surface area contributed by atoms with E-state index in [-0.39, 0.29) is 31.9 Å². The van der Waals surface area contributed by atoms with Crippen LogP contribution in [-0.4, -0.2) is 27.6 Å². The van der Waals surface area contributed by atoms with Crippen molar-refractivity contribution in [3.63, 3.8) is 0 Å². The average molecular weight is 982 g/mol. The first kappa shape index (κ1) is 41.3. The summed E-state index contributed by atoms with van der Waals surface area (Å²) in [7, 11) is -1.50. The standard InChI is InChI=1S/C36H30N3O.C17H22NSi.Ir/c1-22(2)29-19-25(24-11-6-5-7-12-24)20-30(23(3)4)34(29)39-32-21-37-18-17-31(32)38-36(39)28-15-10-14-27-26-13-8-9-16-33(26)40-35(27)28;1-13(2)15-11-16(14-9-7-6-8-10-14)18-12-17(15)19(3,4)5;/h5-14,16-23H,1-4H3;6-9,11-13H,1-5H3;/q2*-1;/i;13D;. The smallest absolute Gasteiger partial charge is 0.120 e. The van der Waals surface area contributed by atoms with Crippen molar-refractivity contribution in [3.8, 4) is 39.5 Å². The number of para-hydroxylation sites is 1. The molecule has 0 fully saturated rings. The summed E-state index contributed by atoms with van der Waals surface area (Å²) in [5.41, 5.74) is 13.5. The van der Waals surface area contributed by atoms with Gasteiger partial charge in [-0.05, 0) is 75.1 Å². The summed E-state index contributed by atoms with van der Waals surface area (Å²) in [5.74, 6) is 0.763. The van der Waals surface area contributed by atoms with E-state index in [2.05, 4.69) is 135 Å². The van der Waals surface area contributed by atoms with Crippen LogP contribution in [0.15, 0.2) is 138 Å². The zero-order valence-corrected chi connectivity index (χ0v) is 39.3. The van der Waals surface area contributed by atoms with E-state index in [1.807, 2.05) is 80.8 Å². The van der Waals surface area contributed by atoms with Gasteiger partial charge in [0.2, 0.25) is 0 Å². The number of rotatable bonds is 8. The van der Waals surface area contributed by atoms with Gasteiger partial charge in [0.15, 0.2) is 0 Å². The van der Waals surface area contributed by atoms with Crippen LogP contribution in [0.4, 0.5) is 0 Å². The maximum atomic E-state index is 8.44. The summed E-state index contributed by atoms with van der Waals surface area (Å²) in [6.07, 6.45) is 5.71. The predicted octanol–water partition coefficient (Wildman–Crippen LogP) is 13.9. The number of fused-ring (bicyclic) bond motifs is 4. The molecule has 0 atom stereocenters. The van der Waals surface area contributed by atoms with E-state index in [9.17, 15) is 0 Å². The van der Waals surface area contributed by atoms with Crippen molar-refractivity contribution < 1.29 is 25.9 Å². The number of imidazole rings is 1. The molecular formula is C53H52IrN4OSi-2. The Labute approximate surface area is 370 Å². The number of nitrogens with zero attached hydrogens (tertiary/aromatic N) is 4. The first-order chi connectivity index (χ1) is 28.7. The van der Waals surface area contributed by atoms with Gasteiger partial charge < -0.3 is 14.0 Å². The molecule has 305 valence electrons. The Bertz CT molecular complexity index is 2930. The van der Waals surface area contributed by atoms with Crippen LogP contribution < -0.4 is 5.19 Å². The number of hydrogen-bond acceptors (Lipinski definition) is 4. The summed E-state index contributed by atoms with van der Waals surface area (Å²) in [6, 6.07) is 46.2. The molecule has 5 aromatic carbocycles. The second kappa shape index (κ2) is 17.6. The molecule has 1 radical (unpaired) electrons. The number of benzene rings is 5. The molecule has 0 bridgehead atoms. The van der Waals surface area contributed by atoms with Gasteiger partial charge in [0.25, 0.3) is 0 Å². The molecule has 7 heteroatoms. The van der Waals surface area contributed by atoms with Crippen molar-refractivity contribution in [2.75, 3.05) is 0 Å². The Balaban J connectivity index is 0.000000226. The Kier molecular flexibility index (Phi) is 12.1. The minimum Gasteiger partial charge on any atom is -0.501 e. The Hall–Kier alpha value is -5.46. The maximum Gasteiger partial charge on any atom is 0.120 e. The molecule has 0 aliphatic rings. The molecule has 9 aromatic rings. The molecule has 60 heavy (non-hydrogen) atoms. The van der Waals surface area contributed by atoms with Crippen LogP contribution in [0.5, 0.6) is 0 Å². The van der Waals surface area contributed by atoms with Crippen molar-refractivity contribution in [1.29, 1.82) is 0 Å². The average Bonchev–Trinajstić information content (AvgIpc) is 3.82. The quantitative estimate of drug-likeness (QED) is 0.112. The topological polar surface area (TPSA) is 56.7 Å². The first-order valence-corrected chi connectivity index (χ1v) is 24.1. The predicted molar refractivity (Wildman–Crippen MR) is 250 cm³/mol. The van der Waals surface area contributed by atoms with E-state index in [0.29, 0.717) is 0 Å². The fraction of sp³-hybridized carbons (Fsp3) is 0.226. The van der Waals surface area contributed by atoms with Crippen LogP contribution in [0.1, 0.15) is 77.3 Å². The Morgan fingerprint density at radius 1 is 0.700 bits per heavy atom. The Morgan fingerprint density at radius 3 is 2.07 bits per heavy atom. The summed E-state index contributed by atoms with van der Waals surface area (Å²) in [6.45, 7) is 19.9. The molecule has 4 heterocycles. The zero-order chi connectivity index (χ0) is 42.3. The maximum absolute atomic E-state index is 8.44. The number of aromatic nitrogens is 4. The van der Waals surface area contributed by atoms with E-state index in [4.69, 9.17) is 10.8 Å². The van der Waals surface area contributed by atoms with Crippen LogP contribution >= 0.6 is 0 Å². The fourth-order valence-electron chi connectivity index (χ4n) is 7.96. The van der Waals surface area contributed by atoms with Gasteiger partial charge >= 0.3 is 0 Å². The molecule has 0 saturated carbocycles.